The molecule has 0 bridgehead atoms. The fourth-order valence-electron chi connectivity index (χ4n) is 3.11. The van der Waals surface area contributed by atoms with Gasteiger partial charge in [0, 0.05) is 24.2 Å². The Labute approximate surface area is 208 Å². The third-order valence-electron chi connectivity index (χ3n) is 4.85. The lowest BCUT2D eigenvalue weighted by atomic mass is 10.1. The summed E-state index contributed by atoms with van der Waals surface area (Å²) in [6.07, 6.45) is -4.60. The summed E-state index contributed by atoms with van der Waals surface area (Å²) in [5, 5.41) is 10.7. The van der Waals surface area contributed by atoms with Gasteiger partial charge in [-0.25, -0.2) is 0 Å². The molecule has 1 atom stereocenters. The molecule has 196 valence electrons. The van der Waals surface area contributed by atoms with Crippen molar-refractivity contribution in [3.63, 3.8) is 0 Å². The van der Waals surface area contributed by atoms with Crippen LogP contribution in [0.5, 0.6) is 5.75 Å². The highest BCUT2D eigenvalue weighted by atomic mass is 19.4. The highest BCUT2D eigenvalue weighted by Gasteiger charge is 2.31. The Hall–Kier alpha value is -3.60. The van der Waals surface area contributed by atoms with Gasteiger partial charge in [-0.1, -0.05) is 18.2 Å². The molecule has 0 saturated heterocycles. The largest absolute Gasteiger partial charge is 0.497 e. The quantitative estimate of drug-likeness (QED) is 0.395. The molecule has 4 N–H and O–H groups in total. The van der Waals surface area contributed by atoms with Crippen molar-refractivity contribution in [3.05, 3.63) is 65.2 Å². The Morgan fingerprint density at radius 3 is 2.25 bits per heavy atom. The van der Waals surface area contributed by atoms with Gasteiger partial charge in [0.25, 0.3) is 5.91 Å². The predicted molar refractivity (Wildman–Crippen MR) is 128 cm³/mol. The second kappa shape index (κ2) is 12.4. The zero-order chi connectivity index (χ0) is 26.9. The fourth-order valence-corrected chi connectivity index (χ4v) is 3.11. The summed E-state index contributed by atoms with van der Waals surface area (Å²) >= 11 is 0. The van der Waals surface area contributed by atoms with E-state index in [0.29, 0.717) is 18.4 Å². The normalized spacial score (nSPS) is 12.4. The molecule has 11 heteroatoms. The van der Waals surface area contributed by atoms with Crippen molar-refractivity contribution in [1.82, 2.24) is 21.3 Å². The average molecular weight is 509 g/mol. The fraction of sp³-hybridized carbons (Fsp3) is 0.400. The Balaban J connectivity index is 1.97. The lowest BCUT2D eigenvalue weighted by molar-refractivity contribution is -0.137. The standard InChI is InChI=1S/C25H31F3N4O4/c1-24(2,3)32-23(35)20(14-29-13-16-8-10-19(36-4)11-9-16)31-21(33)15-30-22(34)17-6-5-7-18(12-17)25(26,27)28/h5-12,20,29H,13-15H2,1-4H3,(H,30,34)(H,31,33)(H,32,35). The molecular weight excluding hydrogens is 477 g/mol. The van der Waals surface area contributed by atoms with E-state index >= 15 is 0 Å². The molecule has 3 amide bonds. The van der Waals surface area contributed by atoms with Crippen LogP contribution < -0.4 is 26.0 Å². The predicted octanol–water partition coefficient (Wildman–Crippen LogP) is 2.63. The van der Waals surface area contributed by atoms with E-state index in [2.05, 4.69) is 21.3 Å². The summed E-state index contributed by atoms with van der Waals surface area (Å²) in [6, 6.07) is 10.2. The van der Waals surface area contributed by atoms with Crippen LogP contribution >= 0.6 is 0 Å². The van der Waals surface area contributed by atoms with Crippen molar-refractivity contribution in [2.75, 3.05) is 20.2 Å². The SMILES string of the molecule is COc1ccc(CNCC(NC(=O)CNC(=O)c2cccc(C(F)(F)F)c2)C(=O)NC(C)(C)C)cc1. The Morgan fingerprint density at radius 2 is 1.67 bits per heavy atom. The van der Waals surface area contributed by atoms with Crippen LogP contribution in [0.25, 0.3) is 0 Å². The molecule has 36 heavy (non-hydrogen) atoms. The van der Waals surface area contributed by atoms with Crippen molar-refractivity contribution < 1.29 is 32.3 Å². The zero-order valence-electron chi connectivity index (χ0n) is 20.6. The highest BCUT2D eigenvalue weighted by molar-refractivity contribution is 5.97. The first-order chi connectivity index (χ1) is 16.8. The van der Waals surface area contributed by atoms with E-state index < -0.39 is 47.6 Å². The maximum atomic E-state index is 12.9. The number of hydrogen-bond acceptors (Lipinski definition) is 5. The molecule has 0 aliphatic rings. The first-order valence-electron chi connectivity index (χ1n) is 11.2. The molecule has 0 aromatic heterocycles. The third kappa shape index (κ3) is 9.57. The number of carbonyl (C=O) groups excluding carboxylic acids is 3. The first-order valence-corrected chi connectivity index (χ1v) is 11.2. The first kappa shape index (κ1) is 28.6. The second-order valence-corrected chi connectivity index (χ2v) is 9.10. The number of halogens is 3. The summed E-state index contributed by atoms with van der Waals surface area (Å²) in [5.41, 5.74) is -0.818. The van der Waals surface area contributed by atoms with Crippen LogP contribution in [0, 0.1) is 0 Å². The van der Waals surface area contributed by atoms with Gasteiger partial charge >= 0.3 is 6.18 Å². The maximum Gasteiger partial charge on any atom is 0.416 e. The van der Waals surface area contributed by atoms with Crippen LogP contribution in [0.2, 0.25) is 0 Å². The molecule has 0 aliphatic heterocycles. The monoisotopic (exact) mass is 508 g/mol. The number of methoxy groups -OCH3 is 1. The van der Waals surface area contributed by atoms with E-state index in [1.807, 2.05) is 12.1 Å². The molecule has 0 radical (unpaired) electrons. The lowest BCUT2D eigenvalue weighted by Gasteiger charge is -2.26. The van der Waals surface area contributed by atoms with Crippen molar-refractivity contribution in [3.8, 4) is 5.75 Å². The number of ether oxygens (including phenoxy) is 1. The van der Waals surface area contributed by atoms with E-state index in [1.54, 1.807) is 40.0 Å². The molecule has 2 aromatic carbocycles. The van der Waals surface area contributed by atoms with Gasteiger partial charge in [-0.05, 0) is 56.7 Å². The van der Waals surface area contributed by atoms with Gasteiger partial charge in [0.1, 0.15) is 11.8 Å². The minimum absolute atomic E-state index is 0.0985. The molecule has 0 fully saturated rings. The minimum atomic E-state index is -4.60. The van der Waals surface area contributed by atoms with E-state index in [1.165, 1.54) is 6.07 Å². The van der Waals surface area contributed by atoms with E-state index in [-0.39, 0.29) is 12.1 Å². The van der Waals surface area contributed by atoms with Crippen LogP contribution in [0.4, 0.5) is 13.2 Å². The van der Waals surface area contributed by atoms with Gasteiger partial charge in [-0.3, -0.25) is 14.4 Å². The van der Waals surface area contributed by atoms with Gasteiger partial charge in [0.15, 0.2) is 0 Å². The summed E-state index contributed by atoms with van der Waals surface area (Å²) in [5.74, 6) is -1.23. The summed E-state index contributed by atoms with van der Waals surface area (Å²) < 4.78 is 43.8. The number of hydrogen-bond donors (Lipinski definition) is 4. The van der Waals surface area contributed by atoms with Crippen molar-refractivity contribution in [1.29, 1.82) is 0 Å². The van der Waals surface area contributed by atoms with Crippen LogP contribution in [0.15, 0.2) is 48.5 Å². The molecule has 8 nitrogen and oxygen atoms in total. The third-order valence-corrected chi connectivity index (χ3v) is 4.85. The molecular formula is C25H31F3N4O4. The number of carbonyl (C=O) groups is 3. The van der Waals surface area contributed by atoms with Crippen LogP contribution in [-0.4, -0.2) is 49.5 Å². The van der Waals surface area contributed by atoms with E-state index in [9.17, 15) is 27.6 Å². The number of amides is 3. The summed E-state index contributed by atoms with van der Waals surface area (Å²) in [4.78, 5) is 37.4. The van der Waals surface area contributed by atoms with Crippen LogP contribution in [-0.2, 0) is 22.3 Å². The Morgan fingerprint density at radius 1 is 1.00 bits per heavy atom. The van der Waals surface area contributed by atoms with Crippen molar-refractivity contribution in [2.24, 2.45) is 0 Å². The van der Waals surface area contributed by atoms with Gasteiger partial charge in [-0.2, -0.15) is 13.2 Å². The van der Waals surface area contributed by atoms with Gasteiger partial charge < -0.3 is 26.0 Å². The summed E-state index contributed by atoms with van der Waals surface area (Å²) in [6.45, 7) is 5.39. The molecule has 0 aliphatic carbocycles. The lowest BCUT2D eigenvalue weighted by Crippen LogP contribution is -2.56. The zero-order valence-corrected chi connectivity index (χ0v) is 20.6. The molecule has 2 rings (SSSR count). The highest BCUT2D eigenvalue weighted by Crippen LogP contribution is 2.29. The van der Waals surface area contributed by atoms with Gasteiger partial charge in [0.2, 0.25) is 11.8 Å². The summed E-state index contributed by atoms with van der Waals surface area (Å²) in [7, 11) is 1.57. The van der Waals surface area contributed by atoms with E-state index in [0.717, 1.165) is 17.7 Å². The van der Waals surface area contributed by atoms with E-state index in [4.69, 9.17) is 4.74 Å². The van der Waals surface area contributed by atoms with Crippen molar-refractivity contribution in [2.45, 2.75) is 45.1 Å². The molecule has 2 aromatic rings. The molecule has 0 heterocycles. The van der Waals surface area contributed by atoms with Crippen molar-refractivity contribution >= 4 is 17.7 Å². The number of rotatable bonds is 10. The average Bonchev–Trinajstić information content (AvgIpc) is 2.80. The number of benzene rings is 2. The molecule has 0 spiro atoms. The number of nitrogens with one attached hydrogen (secondary N) is 4. The van der Waals surface area contributed by atoms with Crippen LogP contribution in [0.1, 0.15) is 42.3 Å². The number of alkyl halides is 3. The van der Waals surface area contributed by atoms with Gasteiger partial charge in [0.05, 0.1) is 19.2 Å². The second-order valence-electron chi connectivity index (χ2n) is 9.10. The van der Waals surface area contributed by atoms with Gasteiger partial charge in [-0.15, -0.1) is 0 Å². The minimum Gasteiger partial charge on any atom is -0.497 e. The molecule has 0 saturated carbocycles. The Bertz CT molecular complexity index is 1050. The maximum absolute atomic E-state index is 12.9. The Kier molecular flexibility index (Phi) is 9.85. The smallest absolute Gasteiger partial charge is 0.416 e. The topological polar surface area (TPSA) is 109 Å². The molecule has 1 unspecified atom stereocenters. The van der Waals surface area contributed by atoms with Crippen LogP contribution in [0.3, 0.4) is 0 Å².